The van der Waals surface area contributed by atoms with Gasteiger partial charge in [0.2, 0.25) is 6.10 Å². The maximum absolute atomic E-state index is 13.0. The highest BCUT2D eigenvalue weighted by molar-refractivity contribution is 6.00. The Bertz CT molecular complexity index is 698. The Balaban J connectivity index is 1.99. The van der Waals surface area contributed by atoms with Crippen LogP contribution >= 0.6 is 0 Å². The van der Waals surface area contributed by atoms with Gasteiger partial charge in [0.1, 0.15) is 5.75 Å². The summed E-state index contributed by atoms with van der Waals surface area (Å²) in [6.45, 7) is 3.48. The maximum Gasteiger partial charge on any atom is 0.272 e. The number of carbonyl (C=O) groups excluding carboxylic acids is 1. The molecule has 1 aliphatic heterocycles. The number of anilines is 1. The molecule has 0 saturated carbocycles. The van der Waals surface area contributed by atoms with Crippen molar-refractivity contribution >= 4 is 11.6 Å². The summed E-state index contributed by atoms with van der Waals surface area (Å²) in [4.78, 5) is 16.9. The average Bonchev–Trinajstić information content (AvgIpc) is 2.54. The zero-order chi connectivity index (χ0) is 16.4. The van der Waals surface area contributed by atoms with E-state index in [9.17, 15) is 4.79 Å². The Morgan fingerprint density at radius 1 is 1.13 bits per heavy atom. The molecule has 23 heavy (non-hydrogen) atoms. The second kappa shape index (κ2) is 6.42. The SMILES string of the molecule is Cc1ccc2c(c1)N(CCN(C)C)C(=O)C(c1ccccc1)O2. The normalized spacial score (nSPS) is 17.1. The maximum atomic E-state index is 13.0. The predicted molar refractivity (Wildman–Crippen MR) is 91.9 cm³/mol. The molecule has 0 bridgehead atoms. The van der Waals surface area contributed by atoms with Crippen LogP contribution in [0.5, 0.6) is 5.75 Å². The van der Waals surface area contributed by atoms with Crippen molar-refractivity contribution in [3.8, 4) is 5.75 Å². The molecule has 0 aliphatic carbocycles. The van der Waals surface area contributed by atoms with Gasteiger partial charge >= 0.3 is 0 Å². The number of rotatable bonds is 4. The van der Waals surface area contributed by atoms with Crippen LogP contribution in [0.2, 0.25) is 0 Å². The van der Waals surface area contributed by atoms with Crippen LogP contribution in [0.1, 0.15) is 17.2 Å². The second-order valence-corrected chi connectivity index (χ2v) is 6.17. The first-order valence-electron chi connectivity index (χ1n) is 7.84. The first kappa shape index (κ1) is 15.6. The van der Waals surface area contributed by atoms with E-state index in [0.717, 1.165) is 29.1 Å². The molecule has 1 atom stereocenters. The van der Waals surface area contributed by atoms with Gasteiger partial charge in [-0.1, -0.05) is 36.4 Å². The molecule has 3 rings (SSSR count). The van der Waals surface area contributed by atoms with Gasteiger partial charge in [-0.25, -0.2) is 0 Å². The smallest absolute Gasteiger partial charge is 0.272 e. The summed E-state index contributed by atoms with van der Waals surface area (Å²) in [7, 11) is 4.02. The van der Waals surface area contributed by atoms with Crippen molar-refractivity contribution in [2.24, 2.45) is 0 Å². The Morgan fingerprint density at radius 3 is 2.57 bits per heavy atom. The average molecular weight is 310 g/mol. The van der Waals surface area contributed by atoms with E-state index in [1.165, 1.54) is 0 Å². The fraction of sp³-hybridized carbons (Fsp3) is 0.316. The molecule has 0 radical (unpaired) electrons. The third-order valence-corrected chi connectivity index (χ3v) is 4.01. The molecule has 4 heteroatoms. The standard InChI is InChI=1S/C19H22N2O2/c1-14-9-10-17-16(13-14)21(12-11-20(2)3)19(22)18(23-17)15-7-5-4-6-8-15/h4-10,13,18H,11-12H2,1-3H3. The molecule has 2 aromatic rings. The van der Waals surface area contributed by atoms with Crippen molar-refractivity contribution in [3.63, 3.8) is 0 Å². The minimum absolute atomic E-state index is 0.00356. The summed E-state index contributed by atoms with van der Waals surface area (Å²) in [5, 5.41) is 0. The molecule has 1 amide bonds. The van der Waals surface area contributed by atoms with E-state index >= 15 is 0 Å². The van der Waals surface area contributed by atoms with E-state index in [1.807, 2.05) is 74.4 Å². The van der Waals surface area contributed by atoms with Crippen LogP contribution < -0.4 is 9.64 Å². The lowest BCUT2D eigenvalue weighted by molar-refractivity contribution is -0.126. The van der Waals surface area contributed by atoms with E-state index in [4.69, 9.17) is 4.74 Å². The highest BCUT2D eigenvalue weighted by Crippen LogP contribution is 2.39. The van der Waals surface area contributed by atoms with Gasteiger partial charge in [-0.3, -0.25) is 4.79 Å². The third kappa shape index (κ3) is 3.22. The number of hydrogen-bond acceptors (Lipinski definition) is 3. The molecule has 2 aromatic carbocycles. The largest absolute Gasteiger partial charge is 0.474 e. The summed E-state index contributed by atoms with van der Waals surface area (Å²) in [5.74, 6) is 0.763. The number of benzene rings is 2. The number of aryl methyl sites for hydroxylation is 1. The Hall–Kier alpha value is -2.33. The number of likely N-dealkylation sites (N-methyl/N-ethyl adjacent to an activating group) is 1. The van der Waals surface area contributed by atoms with Crippen molar-refractivity contribution in [1.29, 1.82) is 0 Å². The molecule has 1 aliphatic rings. The minimum Gasteiger partial charge on any atom is -0.474 e. The summed E-state index contributed by atoms with van der Waals surface area (Å²) >= 11 is 0. The Labute approximate surface area is 137 Å². The van der Waals surface area contributed by atoms with Crippen LogP contribution in [0.25, 0.3) is 0 Å². The van der Waals surface area contributed by atoms with Crippen molar-refractivity contribution in [1.82, 2.24) is 4.90 Å². The van der Waals surface area contributed by atoms with E-state index in [0.29, 0.717) is 6.54 Å². The molecule has 0 aromatic heterocycles. The van der Waals surface area contributed by atoms with Gasteiger partial charge in [0.25, 0.3) is 5.91 Å². The van der Waals surface area contributed by atoms with Gasteiger partial charge < -0.3 is 14.5 Å². The molecule has 120 valence electrons. The lowest BCUT2D eigenvalue weighted by Crippen LogP contribution is -2.44. The van der Waals surface area contributed by atoms with Crippen LogP contribution in [0.3, 0.4) is 0 Å². The molecule has 1 unspecified atom stereocenters. The van der Waals surface area contributed by atoms with Gasteiger partial charge in [0.15, 0.2) is 0 Å². The highest BCUT2D eigenvalue weighted by atomic mass is 16.5. The van der Waals surface area contributed by atoms with Crippen molar-refractivity contribution in [2.75, 3.05) is 32.1 Å². The fourth-order valence-corrected chi connectivity index (χ4v) is 2.74. The number of nitrogens with zero attached hydrogens (tertiary/aromatic N) is 2. The zero-order valence-corrected chi connectivity index (χ0v) is 13.8. The molecule has 0 N–H and O–H groups in total. The zero-order valence-electron chi connectivity index (χ0n) is 13.8. The van der Waals surface area contributed by atoms with Crippen LogP contribution in [0.4, 0.5) is 5.69 Å². The van der Waals surface area contributed by atoms with Gasteiger partial charge in [0, 0.05) is 18.7 Å². The van der Waals surface area contributed by atoms with E-state index in [-0.39, 0.29) is 5.91 Å². The number of ether oxygens (including phenoxy) is 1. The lowest BCUT2D eigenvalue weighted by Gasteiger charge is -2.35. The molecular formula is C19H22N2O2. The summed E-state index contributed by atoms with van der Waals surface area (Å²) in [6.07, 6.45) is -0.575. The van der Waals surface area contributed by atoms with Gasteiger partial charge in [-0.05, 0) is 38.7 Å². The number of hydrogen-bond donors (Lipinski definition) is 0. The molecule has 4 nitrogen and oxygen atoms in total. The minimum atomic E-state index is -0.575. The van der Waals surface area contributed by atoms with Crippen molar-refractivity contribution in [3.05, 3.63) is 59.7 Å². The summed E-state index contributed by atoms with van der Waals surface area (Å²) in [6, 6.07) is 15.7. The number of fused-ring (bicyclic) bond motifs is 1. The summed E-state index contributed by atoms with van der Waals surface area (Å²) < 4.78 is 6.02. The van der Waals surface area contributed by atoms with Crippen LogP contribution in [-0.2, 0) is 4.79 Å². The van der Waals surface area contributed by atoms with Gasteiger partial charge in [0.05, 0.1) is 5.69 Å². The molecule has 0 spiro atoms. The molecule has 0 fully saturated rings. The monoisotopic (exact) mass is 310 g/mol. The topological polar surface area (TPSA) is 32.8 Å². The van der Waals surface area contributed by atoms with Crippen molar-refractivity contribution < 1.29 is 9.53 Å². The third-order valence-electron chi connectivity index (χ3n) is 4.01. The Morgan fingerprint density at radius 2 is 1.87 bits per heavy atom. The van der Waals surface area contributed by atoms with E-state index < -0.39 is 6.10 Å². The van der Waals surface area contributed by atoms with E-state index in [2.05, 4.69) is 4.90 Å². The van der Waals surface area contributed by atoms with E-state index in [1.54, 1.807) is 0 Å². The quantitative estimate of drug-likeness (QED) is 0.870. The summed E-state index contributed by atoms with van der Waals surface area (Å²) in [5.41, 5.74) is 2.87. The Kier molecular flexibility index (Phi) is 4.35. The van der Waals surface area contributed by atoms with Crippen LogP contribution in [0.15, 0.2) is 48.5 Å². The highest BCUT2D eigenvalue weighted by Gasteiger charge is 2.35. The van der Waals surface area contributed by atoms with Crippen LogP contribution in [0, 0.1) is 6.92 Å². The fourth-order valence-electron chi connectivity index (χ4n) is 2.74. The molecule has 1 heterocycles. The van der Waals surface area contributed by atoms with Crippen molar-refractivity contribution in [2.45, 2.75) is 13.0 Å². The molecular weight excluding hydrogens is 288 g/mol. The molecule has 0 saturated heterocycles. The number of amides is 1. The second-order valence-electron chi connectivity index (χ2n) is 6.17. The predicted octanol–water partition coefficient (Wildman–Crippen LogP) is 3.02. The first-order valence-corrected chi connectivity index (χ1v) is 7.84. The lowest BCUT2D eigenvalue weighted by atomic mass is 10.0. The first-order chi connectivity index (χ1) is 11.1. The van der Waals surface area contributed by atoms with Crippen LogP contribution in [-0.4, -0.2) is 38.0 Å². The number of carbonyl (C=O) groups is 1. The van der Waals surface area contributed by atoms with Gasteiger partial charge in [-0.2, -0.15) is 0 Å². The van der Waals surface area contributed by atoms with Gasteiger partial charge in [-0.15, -0.1) is 0 Å².